The molecule has 0 bridgehead atoms. The van der Waals surface area contributed by atoms with E-state index in [4.69, 9.17) is 5.11 Å². The number of rotatable bonds is 12. The van der Waals surface area contributed by atoms with Crippen molar-refractivity contribution in [2.45, 2.75) is 75.9 Å². The molecule has 120 valence electrons. The van der Waals surface area contributed by atoms with E-state index in [1.165, 1.54) is 26.2 Å². The Kier molecular flexibility index (Phi) is 10.3. The summed E-state index contributed by atoms with van der Waals surface area (Å²) >= 11 is 1.10. The zero-order valence-electron chi connectivity index (χ0n) is 12.4. The Morgan fingerprint density at radius 3 is 2.20 bits per heavy atom. The third kappa shape index (κ3) is 7.47. The van der Waals surface area contributed by atoms with E-state index in [2.05, 4.69) is 6.92 Å². The van der Waals surface area contributed by atoms with Crippen LogP contribution in [0.3, 0.4) is 0 Å². The molecule has 0 aromatic rings. The van der Waals surface area contributed by atoms with E-state index in [1.54, 1.807) is 0 Å². The second-order valence-corrected chi connectivity index (χ2v) is 6.42. The summed E-state index contributed by atoms with van der Waals surface area (Å²) in [6, 6.07) is 0. The number of aliphatic hydroxyl groups excluding tert-OH is 2. The molecular weight excluding hydrogens is 280 g/mol. The van der Waals surface area contributed by atoms with Crippen LogP contribution in [0.4, 0.5) is 0 Å². The number of hydrogen-bond acceptors (Lipinski definition) is 5. The summed E-state index contributed by atoms with van der Waals surface area (Å²) in [7, 11) is 0. The van der Waals surface area contributed by atoms with Crippen LogP contribution in [0.25, 0.3) is 0 Å². The maximum absolute atomic E-state index is 10.7. The standard InChI is InChI=1S/C14H28O5S/c1-3-4-5-6-7-8-9-20-13(18)14(19,11(2)15)10-12(16)17/h11,13,15,18-19H,3-10H2,1-2H3,(H,16,17). The molecule has 0 radical (unpaired) electrons. The average Bonchev–Trinajstić information content (AvgIpc) is 2.36. The van der Waals surface area contributed by atoms with E-state index in [9.17, 15) is 20.1 Å². The van der Waals surface area contributed by atoms with Crippen molar-refractivity contribution in [2.24, 2.45) is 0 Å². The molecule has 0 heterocycles. The fourth-order valence-electron chi connectivity index (χ4n) is 1.91. The zero-order valence-corrected chi connectivity index (χ0v) is 13.2. The summed E-state index contributed by atoms with van der Waals surface area (Å²) in [5.41, 5.74) is -3.30. The Labute approximate surface area is 125 Å². The van der Waals surface area contributed by atoms with Gasteiger partial charge in [0.1, 0.15) is 11.0 Å². The van der Waals surface area contributed by atoms with Crippen molar-refractivity contribution in [2.75, 3.05) is 5.75 Å². The topological polar surface area (TPSA) is 98.0 Å². The van der Waals surface area contributed by atoms with Crippen molar-refractivity contribution in [3.05, 3.63) is 0 Å². The molecule has 0 rings (SSSR count). The van der Waals surface area contributed by atoms with Crippen LogP contribution in [0, 0.1) is 0 Å². The van der Waals surface area contributed by atoms with Crippen LogP contribution in [0.1, 0.15) is 58.8 Å². The van der Waals surface area contributed by atoms with Gasteiger partial charge in [0.2, 0.25) is 0 Å². The van der Waals surface area contributed by atoms with Crippen molar-refractivity contribution in [3.8, 4) is 0 Å². The fraction of sp³-hybridized carbons (Fsp3) is 0.929. The lowest BCUT2D eigenvalue weighted by Gasteiger charge is -2.33. The quantitative estimate of drug-likeness (QED) is 0.325. The summed E-state index contributed by atoms with van der Waals surface area (Å²) in [5, 5.41) is 38.3. The Morgan fingerprint density at radius 1 is 1.15 bits per heavy atom. The second-order valence-electron chi connectivity index (χ2n) is 5.23. The first-order valence-corrected chi connectivity index (χ1v) is 8.31. The molecule has 0 fully saturated rings. The molecule has 4 N–H and O–H groups in total. The minimum absolute atomic E-state index is 0.641. The van der Waals surface area contributed by atoms with Crippen LogP contribution in [0.5, 0.6) is 0 Å². The Balaban J connectivity index is 4.02. The van der Waals surface area contributed by atoms with Crippen LogP contribution >= 0.6 is 11.8 Å². The van der Waals surface area contributed by atoms with Crippen molar-refractivity contribution in [1.82, 2.24) is 0 Å². The third-order valence-corrected chi connectivity index (χ3v) is 4.61. The highest BCUT2D eigenvalue weighted by molar-refractivity contribution is 7.99. The van der Waals surface area contributed by atoms with E-state index >= 15 is 0 Å². The van der Waals surface area contributed by atoms with Crippen LogP contribution < -0.4 is 0 Å². The van der Waals surface area contributed by atoms with Crippen molar-refractivity contribution in [1.29, 1.82) is 0 Å². The molecule has 0 aromatic heterocycles. The lowest BCUT2D eigenvalue weighted by atomic mass is 9.94. The molecular formula is C14H28O5S. The highest BCUT2D eigenvalue weighted by Crippen LogP contribution is 2.29. The molecule has 0 aromatic carbocycles. The maximum Gasteiger partial charge on any atom is 0.306 e. The molecule has 0 spiro atoms. The monoisotopic (exact) mass is 308 g/mol. The zero-order chi connectivity index (χ0) is 15.6. The number of carboxylic acids is 1. The molecule has 0 saturated carbocycles. The van der Waals surface area contributed by atoms with Crippen molar-refractivity contribution in [3.63, 3.8) is 0 Å². The molecule has 5 nitrogen and oxygen atoms in total. The first-order chi connectivity index (χ1) is 9.34. The molecule has 0 aliphatic heterocycles. The molecule has 0 saturated heterocycles. The maximum atomic E-state index is 10.7. The molecule has 3 atom stereocenters. The van der Waals surface area contributed by atoms with Gasteiger partial charge in [0.15, 0.2) is 0 Å². The predicted molar refractivity (Wildman–Crippen MR) is 80.7 cm³/mol. The summed E-state index contributed by atoms with van der Waals surface area (Å²) in [6.07, 6.45) is 4.79. The van der Waals surface area contributed by atoms with Gasteiger partial charge in [0, 0.05) is 0 Å². The lowest BCUT2D eigenvalue weighted by Crippen LogP contribution is -2.51. The minimum Gasteiger partial charge on any atom is -0.481 e. The summed E-state index contributed by atoms with van der Waals surface area (Å²) in [5.74, 6) is -0.602. The Hall–Kier alpha value is -0.300. The lowest BCUT2D eigenvalue weighted by molar-refractivity contribution is -0.156. The first kappa shape index (κ1) is 19.7. The largest absolute Gasteiger partial charge is 0.481 e. The van der Waals surface area contributed by atoms with Crippen LogP contribution in [-0.2, 0) is 4.79 Å². The van der Waals surface area contributed by atoms with E-state index in [0.717, 1.165) is 31.0 Å². The molecule has 20 heavy (non-hydrogen) atoms. The highest BCUT2D eigenvalue weighted by Gasteiger charge is 2.42. The molecule has 0 amide bonds. The highest BCUT2D eigenvalue weighted by atomic mass is 32.2. The van der Waals surface area contributed by atoms with Gasteiger partial charge in [-0.2, -0.15) is 0 Å². The van der Waals surface area contributed by atoms with E-state index in [-0.39, 0.29) is 0 Å². The number of aliphatic hydroxyl groups is 3. The van der Waals surface area contributed by atoms with Gasteiger partial charge < -0.3 is 20.4 Å². The predicted octanol–water partition coefficient (Wildman–Crippen LogP) is 1.99. The molecule has 0 aliphatic rings. The first-order valence-electron chi connectivity index (χ1n) is 7.26. The molecule has 6 heteroatoms. The molecule has 3 unspecified atom stereocenters. The van der Waals surface area contributed by atoms with Crippen molar-refractivity contribution >= 4 is 17.7 Å². The molecule has 0 aliphatic carbocycles. The summed E-state index contributed by atoms with van der Waals surface area (Å²) in [4.78, 5) is 10.7. The van der Waals surface area contributed by atoms with Gasteiger partial charge in [-0.3, -0.25) is 4.79 Å². The van der Waals surface area contributed by atoms with Crippen LogP contribution in [0.15, 0.2) is 0 Å². The summed E-state index contributed by atoms with van der Waals surface area (Å²) in [6.45, 7) is 3.45. The van der Waals surface area contributed by atoms with Gasteiger partial charge in [-0.25, -0.2) is 0 Å². The van der Waals surface area contributed by atoms with Gasteiger partial charge in [0.25, 0.3) is 0 Å². The number of thioether (sulfide) groups is 1. The van der Waals surface area contributed by atoms with Crippen LogP contribution in [-0.4, -0.2) is 49.3 Å². The van der Waals surface area contributed by atoms with Gasteiger partial charge in [-0.1, -0.05) is 39.0 Å². The average molecular weight is 308 g/mol. The van der Waals surface area contributed by atoms with E-state index < -0.39 is 29.5 Å². The van der Waals surface area contributed by atoms with E-state index in [1.807, 2.05) is 0 Å². The smallest absolute Gasteiger partial charge is 0.306 e. The van der Waals surface area contributed by atoms with Gasteiger partial charge in [-0.05, 0) is 19.1 Å². The number of carboxylic acid groups (broad SMARTS) is 1. The number of aliphatic carboxylic acids is 1. The second kappa shape index (κ2) is 10.4. The number of carbonyl (C=O) groups is 1. The minimum atomic E-state index is -2.00. The van der Waals surface area contributed by atoms with Crippen LogP contribution in [0.2, 0.25) is 0 Å². The Morgan fingerprint density at radius 2 is 1.70 bits per heavy atom. The SMILES string of the molecule is CCCCCCCCSC(O)C(O)(CC(=O)O)C(C)O. The van der Waals surface area contributed by atoms with Gasteiger partial charge in [-0.15, -0.1) is 11.8 Å². The third-order valence-electron chi connectivity index (χ3n) is 3.36. The van der Waals surface area contributed by atoms with Gasteiger partial charge >= 0.3 is 5.97 Å². The van der Waals surface area contributed by atoms with Crippen molar-refractivity contribution < 1.29 is 25.2 Å². The summed E-state index contributed by atoms with van der Waals surface area (Å²) < 4.78 is 0. The number of unbranched alkanes of at least 4 members (excludes halogenated alkanes) is 5. The normalized spacial score (nSPS) is 17.4. The van der Waals surface area contributed by atoms with E-state index in [0.29, 0.717) is 5.75 Å². The van der Waals surface area contributed by atoms with Gasteiger partial charge in [0.05, 0.1) is 12.5 Å². The Bertz CT molecular complexity index is 272. The fourth-order valence-corrected chi connectivity index (χ4v) is 3.07. The number of hydrogen-bond donors (Lipinski definition) is 4.